The van der Waals surface area contributed by atoms with Gasteiger partial charge in [-0.05, 0) is 18.3 Å². The van der Waals surface area contributed by atoms with Crippen molar-refractivity contribution in [3.63, 3.8) is 0 Å². The Balaban J connectivity index is 2.24. The highest BCUT2D eigenvalue weighted by Gasteiger charge is 2.23. The van der Waals surface area contributed by atoms with Crippen molar-refractivity contribution in [2.24, 2.45) is 11.8 Å². The van der Waals surface area contributed by atoms with Crippen LogP contribution in [0, 0.1) is 11.8 Å². The van der Waals surface area contributed by atoms with Gasteiger partial charge in [-0.3, -0.25) is 0 Å². The van der Waals surface area contributed by atoms with Crippen LogP contribution in [0.3, 0.4) is 0 Å². The van der Waals surface area contributed by atoms with E-state index in [2.05, 4.69) is 37.9 Å². The first-order valence-corrected chi connectivity index (χ1v) is 6.61. The number of rotatable bonds is 5. The van der Waals surface area contributed by atoms with Crippen molar-refractivity contribution < 1.29 is 5.11 Å². The molecule has 1 aliphatic heterocycles. The summed E-state index contributed by atoms with van der Waals surface area (Å²) in [4.78, 5) is 2.41. The van der Waals surface area contributed by atoms with Gasteiger partial charge in [-0.1, -0.05) is 27.7 Å². The molecule has 16 heavy (non-hydrogen) atoms. The Kier molecular flexibility index (Phi) is 5.73. The zero-order valence-electron chi connectivity index (χ0n) is 11.2. The van der Waals surface area contributed by atoms with E-state index >= 15 is 0 Å². The van der Waals surface area contributed by atoms with Gasteiger partial charge in [0.25, 0.3) is 0 Å². The molecule has 1 aliphatic rings. The normalized spacial score (nSPS) is 29.6. The molecule has 0 spiro atoms. The third-order valence-electron chi connectivity index (χ3n) is 3.18. The van der Waals surface area contributed by atoms with Crippen LogP contribution in [0.15, 0.2) is 0 Å². The molecule has 1 fully saturated rings. The zero-order chi connectivity index (χ0) is 12.1. The summed E-state index contributed by atoms with van der Waals surface area (Å²) in [7, 11) is 0. The molecule has 0 aromatic rings. The van der Waals surface area contributed by atoms with Gasteiger partial charge in [-0.2, -0.15) is 0 Å². The number of likely N-dealkylation sites (tertiary alicyclic amines) is 1. The third kappa shape index (κ3) is 5.28. The molecule has 0 bridgehead atoms. The van der Waals surface area contributed by atoms with E-state index in [9.17, 15) is 5.11 Å². The Bertz CT molecular complexity index is 186. The lowest BCUT2D eigenvalue weighted by atomic mass is 9.92. The molecule has 1 rings (SSSR count). The maximum absolute atomic E-state index is 9.92. The molecule has 0 radical (unpaired) electrons. The minimum absolute atomic E-state index is 0.236. The first kappa shape index (κ1) is 13.9. The van der Waals surface area contributed by atoms with Gasteiger partial charge in [0, 0.05) is 32.2 Å². The summed E-state index contributed by atoms with van der Waals surface area (Å²) < 4.78 is 0. The first-order valence-electron chi connectivity index (χ1n) is 6.61. The van der Waals surface area contributed by atoms with E-state index in [0.717, 1.165) is 31.5 Å². The molecule has 3 heteroatoms. The second-order valence-corrected chi connectivity index (χ2v) is 5.88. The van der Waals surface area contributed by atoms with Crippen molar-refractivity contribution in [3.8, 4) is 0 Å². The van der Waals surface area contributed by atoms with Gasteiger partial charge < -0.3 is 15.3 Å². The number of aliphatic hydroxyl groups is 1. The maximum Gasteiger partial charge on any atom is 0.0791 e. The van der Waals surface area contributed by atoms with Crippen LogP contribution < -0.4 is 5.32 Å². The summed E-state index contributed by atoms with van der Waals surface area (Å²) in [6.07, 6.45) is 1.09. The summed E-state index contributed by atoms with van der Waals surface area (Å²) >= 11 is 0. The van der Waals surface area contributed by atoms with Gasteiger partial charge in [0.2, 0.25) is 0 Å². The maximum atomic E-state index is 9.92. The lowest BCUT2D eigenvalue weighted by Crippen LogP contribution is -2.45. The zero-order valence-corrected chi connectivity index (χ0v) is 11.2. The number of nitrogens with one attached hydrogen (secondary N) is 1. The van der Waals surface area contributed by atoms with E-state index in [4.69, 9.17) is 0 Å². The van der Waals surface area contributed by atoms with Crippen molar-refractivity contribution in [3.05, 3.63) is 0 Å². The first-order chi connectivity index (χ1) is 7.47. The van der Waals surface area contributed by atoms with Crippen molar-refractivity contribution in [2.45, 2.75) is 46.3 Å². The fourth-order valence-corrected chi connectivity index (χ4v) is 2.68. The molecule has 0 aromatic carbocycles. The quantitative estimate of drug-likeness (QED) is 0.745. The van der Waals surface area contributed by atoms with Crippen molar-refractivity contribution in [1.29, 1.82) is 0 Å². The SMILES string of the molecule is CC1CC(C)CN(CC(O)CNC(C)C)C1. The van der Waals surface area contributed by atoms with Crippen LogP contribution in [0.1, 0.15) is 34.1 Å². The highest BCUT2D eigenvalue weighted by atomic mass is 16.3. The molecule has 96 valence electrons. The Morgan fingerprint density at radius 2 is 1.81 bits per heavy atom. The number of hydrogen-bond donors (Lipinski definition) is 2. The molecule has 3 unspecified atom stereocenters. The molecule has 1 saturated heterocycles. The van der Waals surface area contributed by atoms with Gasteiger partial charge >= 0.3 is 0 Å². The van der Waals surface area contributed by atoms with Crippen LogP contribution in [0.4, 0.5) is 0 Å². The van der Waals surface area contributed by atoms with Gasteiger partial charge in [0.05, 0.1) is 6.10 Å². The predicted molar refractivity (Wildman–Crippen MR) is 68.5 cm³/mol. The van der Waals surface area contributed by atoms with Crippen molar-refractivity contribution in [1.82, 2.24) is 10.2 Å². The second kappa shape index (κ2) is 6.58. The summed E-state index contributed by atoms with van der Waals surface area (Å²) in [6.45, 7) is 12.6. The third-order valence-corrected chi connectivity index (χ3v) is 3.18. The molecular formula is C13H28N2O. The molecule has 0 aromatic heterocycles. The molecule has 0 saturated carbocycles. The summed E-state index contributed by atoms with van der Waals surface area (Å²) in [5.41, 5.74) is 0. The molecule has 3 nitrogen and oxygen atoms in total. The predicted octanol–water partition coefficient (Wildman–Crippen LogP) is 1.32. The van der Waals surface area contributed by atoms with Gasteiger partial charge in [-0.15, -0.1) is 0 Å². The number of nitrogens with zero attached hydrogens (tertiary/aromatic N) is 1. The molecule has 2 N–H and O–H groups in total. The molecule has 3 atom stereocenters. The fourth-order valence-electron chi connectivity index (χ4n) is 2.68. The highest BCUT2D eigenvalue weighted by molar-refractivity contribution is 4.77. The second-order valence-electron chi connectivity index (χ2n) is 5.88. The van der Waals surface area contributed by atoms with E-state index < -0.39 is 0 Å². The van der Waals surface area contributed by atoms with Gasteiger partial charge in [0.15, 0.2) is 0 Å². The standard InChI is InChI=1S/C13H28N2O/c1-10(2)14-6-13(16)9-15-7-11(3)5-12(4)8-15/h10-14,16H,5-9H2,1-4H3. The summed E-state index contributed by atoms with van der Waals surface area (Å²) in [6, 6.07) is 0.453. The Labute approximate surface area is 100 Å². The average molecular weight is 228 g/mol. The lowest BCUT2D eigenvalue weighted by Gasteiger charge is -2.36. The summed E-state index contributed by atoms with van der Waals surface area (Å²) in [5.74, 6) is 1.54. The minimum Gasteiger partial charge on any atom is -0.390 e. The lowest BCUT2D eigenvalue weighted by molar-refractivity contribution is 0.0690. The largest absolute Gasteiger partial charge is 0.390 e. The van der Waals surface area contributed by atoms with Gasteiger partial charge in [0.1, 0.15) is 0 Å². The van der Waals surface area contributed by atoms with Gasteiger partial charge in [-0.25, -0.2) is 0 Å². The Morgan fingerprint density at radius 1 is 1.25 bits per heavy atom. The van der Waals surface area contributed by atoms with Crippen LogP contribution in [-0.4, -0.2) is 48.3 Å². The Hall–Kier alpha value is -0.120. The van der Waals surface area contributed by atoms with Crippen molar-refractivity contribution in [2.75, 3.05) is 26.2 Å². The van der Waals surface area contributed by atoms with Crippen LogP contribution in [-0.2, 0) is 0 Å². The van der Waals surface area contributed by atoms with Crippen LogP contribution in [0.5, 0.6) is 0 Å². The number of aliphatic hydroxyl groups excluding tert-OH is 1. The molecule has 1 heterocycles. The van der Waals surface area contributed by atoms with Crippen LogP contribution in [0.2, 0.25) is 0 Å². The van der Waals surface area contributed by atoms with E-state index in [0.29, 0.717) is 12.6 Å². The topological polar surface area (TPSA) is 35.5 Å². The van der Waals surface area contributed by atoms with E-state index in [1.165, 1.54) is 6.42 Å². The fraction of sp³-hybridized carbons (Fsp3) is 1.00. The highest BCUT2D eigenvalue weighted by Crippen LogP contribution is 2.20. The minimum atomic E-state index is -0.236. The number of piperidine rings is 1. The Morgan fingerprint density at radius 3 is 2.31 bits per heavy atom. The van der Waals surface area contributed by atoms with E-state index in [1.54, 1.807) is 0 Å². The monoisotopic (exact) mass is 228 g/mol. The average Bonchev–Trinajstić information content (AvgIpc) is 2.12. The van der Waals surface area contributed by atoms with Crippen LogP contribution >= 0.6 is 0 Å². The smallest absolute Gasteiger partial charge is 0.0791 e. The molecular weight excluding hydrogens is 200 g/mol. The summed E-state index contributed by atoms with van der Waals surface area (Å²) in [5, 5.41) is 13.2. The van der Waals surface area contributed by atoms with Crippen molar-refractivity contribution >= 4 is 0 Å². The molecule has 0 amide bonds. The number of β-amino-alcohol motifs (C(OH)–C–C–N with tert-alkyl or cyclic N) is 1. The molecule has 0 aliphatic carbocycles. The van der Waals surface area contributed by atoms with Crippen LogP contribution in [0.25, 0.3) is 0 Å². The van der Waals surface area contributed by atoms with E-state index in [-0.39, 0.29) is 6.10 Å². The number of hydrogen-bond acceptors (Lipinski definition) is 3. The van der Waals surface area contributed by atoms with E-state index in [1.807, 2.05) is 0 Å².